The zero-order valence-electron chi connectivity index (χ0n) is 9.82. The van der Waals surface area contributed by atoms with Crippen LogP contribution in [0.1, 0.15) is 6.42 Å². The normalized spacial score (nSPS) is 18.7. The van der Waals surface area contributed by atoms with Crippen molar-refractivity contribution in [3.05, 3.63) is 22.5 Å². The predicted octanol–water partition coefficient (Wildman–Crippen LogP) is 0.164. The lowest BCUT2D eigenvalue weighted by Crippen LogP contribution is -2.41. The fraction of sp³-hybridized carbons (Fsp3) is 0.700. The van der Waals surface area contributed by atoms with Crippen molar-refractivity contribution in [2.24, 2.45) is 5.41 Å². The molecule has 0 atom stereocenters. The van der Waals surface area contributed by atoms with Crippen LogP contribution in [0.5, 0.6) is 0 Å². The summed E-state index contributed by atoms with van der Waals surface area (Å²) < 4.78 is 11.8. The Bertz CT molecular complexity index is 413. The van der Waals surface area contributed by atoms with Crippen LogP contribution in [-0.4, -0.2) is 46.2 Å². The van der Waals surface area contributed by atoms with Crippen LogP contribution in [0.25, 0.3) is 0 Å². The summed E-state index contributed by atoms with van der Waals surface area (Å²) in [6, 6.07) is 0. The van der Waals surface area contributed by atoms with Crippen LogP contribution in [0.15, 0.2) is 12.4 Å². The first-order valence-corrected chi connectivity index (χ1v) is 5.59. The first-order valence-electron chi connectivity index (χ1n) is 5.59. The van der Waals surface area contributed by atoms with Gasteiger partial charge in [-0.1, -0.05) is 4.98 Å². The molecule has 0 unspecified atom stereocenters. The molecule has 1 N–H and O–H groups in total. The van der Waals surface area contributed by atoms with E-state index in [0.29, 0.717) is 26.2 Å². The van der Waals surface area contributed by atoms with E-state index in [-0.39, 0.29) is 19.3 Å². The summed E-state index contributed by atoms with van der Waals surface area (Å²) in [5.74, 6) is -0.194. The Morgan fingerprint density at radius 3 is 2.89 bits per heavy atom. The van der Waals surface area contributed by atoms with Crippen molar-refractivity contribution < 1.29 is 19.5 Å². The van der Waals surface area contributed by atoms with Gasteiger partial charge in [0, 0.05) is 5.41 Å². The van der Waals surface area contributed by atoms with Crippen molar-refractivity contribution in [2.75, 3.05) is 26.6 Å². The van der Waals surface area contributed by atoms with E-state index in [0.717, 1.165) is 0 Å². The smallest absolute Gasteiger partial charge is 0.396 e. The van der Waals surface area contributed by atoms with Gasteiger partial charge in [-0.25, -0.2) is 4.57 Å². The number of hydrogen-bond acceptors (Lipinski definition) is 6. The zero-order valence-corrected chi connectivity index (χ0v) is 9.82. The van der Waals surface area contributed by atoms with Crippen LogP contribution in [0, 0.1) is 15.5 Å². The van der Waals surface area contributed by atoms with E-state index in [1.165, 1.54) is 10.8 Å². The molecule has 0 amide bonds. The van der Waals surface area contributed by atoms with E-state index in [1.807, 2.05) is 0 Å². The third-order valence-corrected chi connectivity index (χ3v) is 3.06. The Labute approximate surface area is 103 Å². The van der Waals surface area contributed by atoms with E-state index in [4.69, 9.17) is 9.47 Å². The van der Waals surface area contributed by atoms with Crippen molar-refractivity contribution in [1.29, 1.82) is 0 Å². The molecule has 0 spiro atoms. The highest BCUT2D eigenvalue weighted by atomic mass is 16.7. The predicted molar refractivity (Wildman–Crippen MR) is 59.8 cm³/mol. The SMILES string of the molecule is O=[N+]([O-])c1nccn1CCC1(CO)COCOC1. The summed E-state index contributed by atoms with van der Waals surface area (Å²) in [5.41, 5.74) is -0.490. The lowest BCUT2D eigenvalue weighted by Gasteiger charge is -2.34. The zero-order chi connectivity index (χ0) is 13.0. The number of imidazole rings is 1. The fourth-order valence-corrected chi connectivity index (χ4v) is 1.94. The summed E-state index contributed by atoms with van der Waals surface area (Å²) in [4.78, 5) is 13.8. The van der Waals surface area contributed by atoms with Gasteiger partial charge in [-0.15, -0.1) is 0 Å². The Hall–Kier alpha value is -1.51. The summed E-state index contributed by atoms with van der Waals surface area (Å²) >= 11 is 0. The minimum Gasteiger partial charge on any atom is -0.396 e. The molecule has 8 heteroatoms. The number of ether oxygens (including phenoxy) is 2. The highest BCUT2D eigenvalue weighted by molar-refractivity contribution is 5.06. The summed E-state index contributed by atoms with van der Waals surface area (Å²) in [6.45, 7) is 1.34. The number of aliphatic hydroxyl groups excluding tert-OH is 1. The van der Waals surface area contributed by atoms with Crippen molar-refractivity contribution in [3.63, 3.8) is 0 Å². The largest absolute Gasteiger partial charge is 0.434 e. The molecule has 0 bridgehead atoms. The Kier molecular flexibility index (Phi) is 3.90. The van der Waals surface area contributed by atoms with Gasteiger partial charge in [0.25, 0.3) is 0 Å². The number of hydrogen-bond donors (Lipinski definition) is 1. The Morgan fingerprint density at radius 1 is 1.56 bits per heavy atom. The molecule has 2 rings (SSSR count). The molecule has 18 heavy (non-hydrogen) atoms. The van der Waals surface area contributed by atoms with Gasteiger partial charge in [-0.05, 0) is 11.3 Å². The molecule has 1 aromatic heterocycles. The van der Waals surface area contributed by atoms with Crippen LogP contribution in [-0.2, 0) is 16.0 Å². The lowest BCUT2D eigenvalue weighted by atomic mass is 9.86. The highest BCUT2D eigenvalue weighted by Crippen LogP contribution is 2.27. The van der Waals surface area contributed by atoms with Gasteiger partial charge in [0.2, 0.25) is 0 Å². The van der Waals surface area contributed by atoms with Crippen molar-refractivity contribution in [1.82, 2.24) is 9.55 Å². The molecule has 1 fully saturated rings. The third kappa shape index (κ3) is 2.66. The van der Waals surface area contributed by atoms with Crippen LogP contribution in [0.2, 0.25) is 0 Å². The molecule has 1 saturated heterocycles. The molecule has 1 aromatic rings. The Morgan fingerprint density at radius 2 is 2.28 bits per heavy atom. The monoisotopic (exact) mass is 257 g/mol. The van der Waals surface area contributed by atoms with E-state index in [2.05, 4.69) is 4.98 Å². The van der Waals surface area contributed by atoms with Crippen molar-refractivity contribution in [3.8, 4) is 0 Å². The van der Waals surface area contributed by atoms with Crippen LogP contribution >= 0.6 is 0 Å². The van der Waals surface area contributed by atoms with E-state index >= 15 is 0 Å². The van der Waals surface area contributed by atoms with Crippen molar-refractivity contribution >= 4 is 5.95 Å². The first-order chi connectivity index (χ1) is 8.67. The van der Waals surface area contributed by atoms with Gasteiger partial charge in [0.1, 0.15) is 19.2 Å². The highest BCUT2D eigenvalue weighted by Gasteiger charge is 2.34. The second-order valence-electron chi connectivity index (χ2n) is 4.40. The van der Waals surface area contributed by atoms with Crippen LogP contribution in [0.4, 0.5) is 5.95 Å². The number of aliphatic hydroxyl groups is 1. The molecule has 2 heterocycles. The number of nitrogens with zero attached hydrogens (tertiary/aromatic N) is 3. The molecule has 8 nitrogen and oxygen atoms in total. The number of aromatic nitrogens is 2. The van der Waals surface area contributed by atoms with Crippen LogP contribution < -0.4 is 0 Å². The summed E-state index contributed by atoms with van der Waals surface area (Å²) in [6.07, 6.45) is 3.46. The molecule has 0 aliphatic carbocycles. The van der Waals surface area contributed by atoms with E-state index in [1.54, 1.807) is 6.20 Å². The summed E-state index contributed by atoms with van der Waals surface area (Å²) in [7, 11) is 0. The lowest BCUT2D eigenvalue weighted by molar-refractivity contribution is -0.396. The molecule has 0 radical (unpaired) electrons. The Balaban J connectivity index is 2.01. The molecule has 0 aromatic carbocycles. The molecule has 1 aliphatic rings. The van der Waals surface area contributed by atoms with Crippen molar-refractivity contribution in [2.45, 2.75) is 13.0 Å². The molecule has 0 saturated carbocycles. The van der Waals surface area contributed by atoms with Gasteiger partial charge in [0.05, 0.1) is 26.4 Å². The number of rotatable bonds is 5. The standard InChI is InChI=1S/C10H15N3O5/c14-5-10(6-17-8-18-7-10)1-3-12-4-2-11-9(12)13(15)16/h2,4,14H,1,3,5-8H2. The van der Waals surface area contributed by atoms with Gasteiger partial charge < -0.3 is 24.7 Å². The maximum absolute atomic E-state index is 10.7. The minimum atomic E-state index is -0.528. The second kappa shape index (κ2) is 5.42. The average Bonchev–Trinajstić information content (AvgIpc) is 2.86. The number of aryl methyl sites for hydroxylation is 1. The molecule has 100 valence electrons. The average molecular weight is 257 g/mol. The summed E-state index contributed by atoms with van der Waals surface area (Å²) in [5, 5.41) is 20.1. The molecular weight excluding hydrogens is 242 g/mol. The van der Waals surface area contributed by atoms with Gasteiger partial charge in [-0.3, -0.25) is 0 Å². The van der Waals surface area contributed by atoms with Gasteiger partial charge in [0.15, 0.2) is 0 Å². The first kappa shape index (κ1) is 12.9. The van der Waals surface area contributed by atoms with Gasteiger partial charge >= 0.3 is 5.95 Å². The minimum absolute atomic E-state index is 0.0739. The fourth-order valence-electron chi connectivity index (χ4n) is 1.94. The van der Waals surface area contributed by atoms with Crippen LogP contribution in [0.3, 0.4) is 0 Å². The quantitative estimate of drug-likeness (QED) is 0.596. The maximum Gasteiger partial charge on any atom is 0.434 e. The van der Waals surface area contributed by atoms with E-state index < -0.39 is 10.3 Å². The topological polar surface area (TPSA) is 99.7 Å². The molecule has 1 aliphatic heterocycles. The molecular formula is C10H15N3O5. The van der Waals surface area contributed by atoms with Gasteiger partial charge in [-0.2, -0.15) is 0 Å². The third-order valence-electron chi connectivity index (χ3n) is 3.06. The maximum atomic E-state index is 10.7. The number of nitro groups is 1. The van der Waals surface area contributed by atoms with E-state index in [9.17, 15) is 15.2 Å². The second-order valence-corrected chi connectivity index (χ2v) is 4.40.